The number of nitrogens with one attached hydrogen (secondary N) is 1. The molecule has 3 aromatic heterocycles. The SMILES string of the molecule is CC(C)c1nc(S(=O)(=O)NCC(c2ccsc2)n2cccn2)cn1C. The fourth-order valence-electron chi connectivity index (χ4n) is 2.67. The molecule has 9 heteroatoms. The summed E-state index contributed by atoms with van der Waals surface area (Å²) in [6.07, 6.45) is 5.06. The van der Waals surface area contributed by atoms with Crippen LogP contribution in [0.1, 0.15) is 37.2 Å². The fourth-order valence-corrected chi connectivity index (χ4v) is 4.42. The highest BCUT2D eigenvalue weighted by molar-refractivity contribution is 7.89. The molecule has 0 amide bonds. The van der Waals surface area contributed by atoms with Gasteiger partial charge in [0.1, 0.15) is 5.82 Å². The van der Waals surface area contributed by atoms with Crippen LogP contribution in [-0.4, -0.2) is 34.3 Å². The molecule has 0 aromatic carbocycles. The predicted molar refractivity (Wildman–Crippen MR) is 97.2 cm³/mol. The zero-order valence-corrected chi connectivity index (χ0v) is 16.0. The molecule has 25 heavy (non-hydrogen) atoms. The summed E-state index contributed by atoms with van der Waals surface area (Å²) in [6.45, 7) is 4.17. The molecule has 0 aliphatic rings. The van der Waals surface area contributed by atoms with Gasteiger partial charge in [-0.2, -0.15) is 16.4 Å². The molecule has 3 heterocycles. The van der Waals surface area contributed by atoms with E-state index in [0.29, 0.717) is 0 Å². The van der Waals surface area contributed by atoms with Crippen LogP contribution in [0.2, 0.25) is 0 Å². The molecular formula is C16H21N5O2S2. The van der Waals surface area contributed by atoms with Gasteiger partial charge in [-0.1, -0.05) is 13.8 Å². The van der Waals surface area contributed by atoms with Gasteiger partial charge < -0.3 is 4.57 Å². The summed E-state index contributed by atoms with van der Waals surface area (Å²) in [7, 11) is -1.89. The monoisotopic (exact) mass is 379 g/mol. The van der Waals surface area contributed by atoms with E-state index in [9.17, 15) is 8.42 Å². The van der Waals surface area contributed by atoms with E-state index in [1.165, 1.54) is 0 Å². The first-order chi connectivity index (χ1) is 11.9. The normalized spacial score (nSPS) is 13.4. The Kier molecular flexibility index (Phi) is 5.07. The lowest BCUT2D eigenvalue weighted by Crippen LogP contribution is -2.31. The van der Waals surface area contributed by atoms with Crippen LogP contribution >= 0.6 is 11.3 Å². The summed E-state index contributed by atoms with van der Waals surface area (Å²) in [5, 5.41) is 8.26. The van der Waals surface area contributed by atoms with Crippen molar-refractivity contribution in [1.82, 2.24) is 24.1 Å². The summed E-state index contributed by atoms with van der Waals surface area (Å²) < 4.78 is 31.5. The number of hydrogen-bond acceptors (Lipinski definition) is 5. The zero-order valence-electron chi connectivity index (χ0n) is 14.3. The molecule has 0 fully saturated rings. The molecule has 1 unspecified atom stereocenters. The largest absolute Gasteiger partial charge is 0.336 e. The molecule has 7 nitrogen and oxygen atoms in total. The predicted octanol–water partition coefficient (Wildman–Crippen LogP) is 2.37. The second-order valence-electron chi connectivity index (χ2n) is 6.11. The van der Waals surface area contributed by atoms with Crippen molar-refractivity contribution in [3.8, 4) is 0 Å². The highest BCUT2D eigenvalue weighted by atomic mass is 32.2. The minimum atomic E-state index is -3.69. The van der Waals surface area contributed by atoms with Crippen molar-refractivity contribution in [2.24, 2.45) is 7.05 Å². The highest BCUT2D eigenvalue weighted by Crippen LogP contribution is 2.21. The van der Waals surface area contributed by atoms with Gasteiger partial charge in [0.2, 0.25) is 0 Å². The van der Waals surface area contributed by atoms with Crippen molar-refractivity contribution in [3.05, 3.63) is 52.9 Å². The number of aryl methyl sites for hydroxylation is 1. The molecular weight excluding hydrogens is 358 g/mol. The third-order valence-electron chi connectivity index (χ3n) is 3.92. The highest BCUT2D eigenvalue weighted by Gasteiger charge is 2.23. The van der Waals surface area contributed by atoms with Gasteiger partial charge in [-0.05, 0) is 28.5 Å². The van der Waals surface area contributed by atoms with Crippen LogP contribution in [0.15, 0.2) is 46.5 Å². The molecule has 1 atom stereocenters. The van der Waals surface area contributed by atoms with Crippen molar-refractivity contribution >= 4 is 21.4 Å². The molecule has 0 spiro atoms. The van der Waals surface area contributed by atoms with Crippen LogP contribution in [0, 0.1) is 0 Å². The van der Waals surface area contributed by atoms with E-state index in [-0.39, 0.29) is 23.5 Å². The van der Waals surface area contributed by atoms with Gasteiger partial charge in [0.05, 0.1) is 6.04 Å². The Balaban J connectivity index is 1.82. The molecule has 0 aliphatic heterocycles. The van der Waals surface area contributed by atoms with E-state index in [2.05, 4.69) is 14.8 Å². The Morgan fingerprint density at radius 1 is 1.36 bits per heavy atom. The standard InChI is InChI=1S/C16H21N5O2S2/c1-12(2)16-19-15(10-20(16)3)25(22,23)18-9-14(13-5-8-24-11-13)21-7-4-6-17-21/h4-8,10-12,14,18H,9H2,1-3H3. The Morgan fingerprint density at radius 2 is 2.16 bits per heavy atom. The van der Waals surface area contributed by atoms with Gasteiger partial charge >= 0.3 is 0 Å². The molecule has 134 valence electrons. The lowest BCUT2D eigenvalue weighted by molar-refractivity contribution is 0.505. The van der Waals surface area contributed by atoms with Gasteiger partial charge in [-0.25, -0.2) is 18.1 Å². The summed E-state index contributed by atoms with van der Waals surface area (Å²) in [5.41, 5.74) is 1.01. The van der Waals surface area contributed by atoms with E-state index in [4.69, 9.17) is 0 Å². The molecule has 1 N–H and O–H groups in total. The molecule has 3 aromatic rings. The Morgan fingerprint density at radius 3 is 2.72 bits per heavy atom. The fraction of sp³-hybridized carbons (Fsp3) is 0.375. The number of sulfonamides is 1. The summed E-state index contributed by atoms with van der Waals surface area (Å²) in [6, 6.07) is 3.59. The number of aromatic nitrogens is 4. The van der Waals surface area contributed by atoms with Crippen LogP contribution in [-0.2, 0) is 17.1 Å². The van der Waals surface area contributed by atoms with Gasteiger partial charge in [-0.15, -0.1) is 0 Å². The molecule has 0 saturated carbocycles. The van der Waals surface area contributed by atoms with Crippen LogP contribution in [0.4, 0.5) is 0 Å². The van der Waals surface area contributed by atoms with Crippen molar-refractivity contribution in [2.45, 2.75) is 30.8 Å². The van der Waals surface area contributed by atoms with E-state index in [1.54, 1.807) is 40.0 Å². The Labute approximate surface area is 151 Å². The Bertz CT molecular complexity index is 878. The third kappa shape index (κ3) is 3.83. The molecule has 0 bridgehead atoms. The number of imidazole rings is 1. The molecule has 0 radical (unpaired) electrons. The first kappa shape index (κ1) is 17.8. The second kappa shape index (κ2) is 7.11. The van der Waals surface area contributed by atoms with Gasteiger partial charge in [0.25, 0.3) is 10.0 Å². The summed E-state index contributed by atoms with van der Waals surface area (Å²) in [5.74, 6) is 0.887. The van der Waals surface area contributed by atoms with Crippen molar-refractivity contribution in [2.75, 3.05) is 6.54 Å². The quantitative estimate of drug-likeness (QED) is 0.683. The lowest BCUT2D eigenvalue weighted by Gasteiger charge is -2.17. The number of thiophene rings is 1. The van der Waals surface area contributed by atoms with Gasteiger partial charge in [0.15, 0.2) is 5.03 Å². The summed E-state index contributed by atoms with van der Waals surface area (Å²) in [4.78, 5) is 4.28. The smallest absolute Gasteiger partial charge is 0.259 e. The minimum absolute atomic E-state index is 0.0447. The molecule has 3 rings (SSSR count). The van der Waals surface area contributed by atoms with Crippen LogP contribution < -0.4 is 4.72 Å². The van der Waals surface area contributed by atoms with Gasteiger partial charge in [-0.3, -0.25) is 4.68 Å². The first-order valence-corrected chi connectivity index (χ1v) is 10.3. The maximum absolute atomic E-state index is 12.6. The minimum Gasteiger partial charge on any atom is -0.336 e. The van der Waals surface area contributed by atoms with Crippen LogP contribution in [0.3, 0.4) is 0 Å². The van der Waals surface area contributed by atoms with Crippen LogP contribution in [0.5, 0.6) is 0 Å². The molecule has 0 aliphatic carbocycles. The number of hydrogen-bond donors (Lipinski definition) is 1. The van der Waals surface area contributed by atoms with Gasteiger partial charge in [0, 0.05) is 38.1 Å². The number of nitrogens with zero attached hydrogens (tertiary/aromatic N) is 4. The Hall–Kier alpha value is -1.97. The van der Waals surface area contributed by atoms with E-state index in [0.717, 1.165) is 11.4 Å². The third-order valence-corrected chi connectivity index (χ3v) is 5.92. The lowest BCUT2D eigenvalue weighted by atomic mass is 10.1. The first-order valence-electron chi connectivity index (χ1n) is 7.92. The topological polar surface area (TPSA) is 81.8 Å². The number of rotatable bonds is 7. The maximum Gasteiger partial charge on any atom is 0.259 e. The second-order valence-corrected chi connectivity index (χ2v) is 8.61. The van der Waals surface area contributed by atoms with E-state index in [1.807, 2.05) is 42.9 Å². The van der Waals surface area contributed by atoms with Crippen molar-refractivity contribution in [3.63, 3.8) is 0 Å². The average Bonchev–Trinajstić information content (AvgIpc) is 3.28. The summed E-state index contributed by atoms with van der Waals surface area (Å²) >= 11 is 1.57. The van der Waals surface area contributed by atoms with Crippen molar-refractivity contribution in [1.29, 1.82) is 0 Å². The molecule has 0 saturated heterocycles. The zero-order chi connectivity index (χ0) is 18.0. The van der Waals surface area contributed by atoms with E-state index >= 15 is 0 Å². The average molecular weight is 380 g/mol. The maximum atomic E-state index is 12.6. The van der Waals surface area contributed by atoms with Crippen LogP contribution in [0.25, 0.3) is 0 Å². The van der Waals surface area contributed by atoms with E-state index < -0.39 is 10.0 Å². The van der Waals surface area contributed by atoms with Crippen molar-refractivity contribution < 1.29 is 8.42 Å².